The third kappa shape index (κ3) is 3.43. The number of nitrogens with zero attached hydrogens (tertiary/aromatic N) is 1. The summed E-state index contributed by atoms with van der Waals surface area (Å²) in [6, 6.07) is 17.6. The summed E-state index contributed by atoms with van der Waals surface area (Å²) in [4.78, 5) is 14.5. The molecule has 4 heteroatoms. The molecule has 0 radical (unpaired) electrons. The van der Waals surface area contributed by atoms with Crippen LogP contribution in [0, 0.1) is 0 Å². The van der Waals surface area contributed by atoms with Crippen molar-refractivity contribution in [2.75, 3.05) is 20.6 Å². The molecule has 0 saturated carbocycles. The van der Waals surface area contributed by atoms with Gasteiger partial charge in [0.15, 0.2) is 0 Å². The largest absolute Gasteiger partial charge is 0.468 e. The lowest BCUT2D eigenvalue weighted by Crippen LogP contribution is -2.34. The average molecular weight is 308 g/mol. The van der Waals surface area contributed by atoms with Crippen molar-refractivity contribution in [3.8, 4) is 0 Å². The Hall–Kier alpha value is -2.59. The molecule has 4 nitrogen and oxygen atoms in total. The molecule has 3 rings (SSSR count). The molecule has 0 unspecified atom stereocenters. The van der Waals surface area contributed by atoms with Gasteiger partial charge in [0.25, 0.3) is 5.91 Å². The summed E-state index contributed by atoms with van der Waals surface area (Å²) >= 11 is 0. The lowest BCUT2D eigenvalue weighted by atomic mass is 10.1. The van der Waals surface area contributed by atoms with E-state index in [-0.39, 0.29) is 11.9 Å². The van der Waals surface area contributed by atoms with Crippen molar-refractivity contribution in [2.24, 2.45) is 0 Å². The molecule has 23 heavy (non-hydrogen) atoms. The number of rotatable bonds is 5. The Morgan fingerprint density at radius 2 is 1.87 bits per heavy atom. The number of amides is 1. The van der Waals surface area contributed by atoms with Crippen LogP contribution in [-0.2, 0) is 0 Å². The maximum absolute atomic E-state index is 12.4. The number of carbonyl (C=O) groups excluding carboxylic acids is 1. The molecular formula is C19H20N2O2. The highest BCUT2D eigenvalue weighted by Crippen LogP contribution is 2.19. The van der Waals surface area contributed by atoms with E-state index in [9.17, 15) is 4.79 Å². The van der Waals surface area contributed by atoms with Gasteiger partial charge in [-0.3, -0.25) is 9.69 Å². The molecule has 1 heterocycles. The second kappa shape index (κ2) is 6.67. The summed E-state index contributed by atoms with van der Waals surface area (Å²) in [7, 11) is 3.94. The molecule has 1 amide bonds. The van der Waals surface area contributed by atoms with Crippen molar-refractivity contribution in [2.45, 2.75) is 6.04 Å². The van der Waals surface area contributed by atoms with E-state index in [2.05, 4.69) is 5.32 Å². The minimum atomic E-state index is -0.0749. The Kier molecular flexibility index (Phi) is 4.44. The standard InChI is InChI=1S/C19H20N2O2/c1-21(2)17(18-8-5-11-23-18)13-20-19(22)16-10-9-14-6-3-4-7-15(14)12-16/h3-12,17H,13H2,1-2H3,(H,20,22)/t17-/m1/s1. The molecule has 0 aliphatic heterocycles. The molecule has 1 aromatic heterocycles. The molecule has 0 aliphatic rings. The van der Waals surface area contributed by atoms with Crippen molar-refractivity contribution >= 4 is 16.7 Å². The quantitative estimate of drug-likeness (QED) is 0.785. The van der Waals surface area contributed by atoms with E-state index in [0.717, 1.165) is 16.5 Å². The van der Waals surface area contributed by atoms with Crippen molar-refractivity contribution < 1.29 is 9.21 Å². The topological polar surface area (TPSA) is 45.5 Å². The maximum atomic E-state index is 12.4. The highest BCUT2D eigenvalue weighted by molar-refractivity contribution is 5.98. The van der Waals surface area contributed by atoms with E-state index >= 15 is 0 Å². The van der Waals surface area contributed by atoms with Crippen molar-refractivity contribution in [1.82, 2.24) is 10.2 Å². The maximum Gasteiger partial charge on any atom is 0.251 e. The number of carbonyl (C=O) groups is 1. The number of hydrogen-bond acceptors (Lipinski definition) is 3. The van der Waals surface area contributed by atoms with E-state index in [4.69, 9.17) is 4.42 Å². The van der Waals surface area contributed by atoms with Crippen LogP contribution in [0.5, 0.6) is 0 Å². The molecule has 0 aliphatic carbocycles. The molecule has 0 fully saturated rings. The van der Waals surface area contributed by atoms with Gasteiger partial charge in [-0.2, -0.15) is 0 Å². The van der Waals surface area contributed by atoms with Crippen LogP contribution in [0.25, 0.3) is 10.8 Å². The minimum absolute atomic E-state index is 0.00871. The Morgan fingerprint density at radius 1 is 1.09 bits per heavy atom. The number of hydrogen-bond donors (Lipinski definition) is 1. The molecular weight excluding hydrogens is 288 g/mol. The molecule has 2 aromatic carbocycles. The minimum Gasteiger partial charge on any atom is -0.468 e. The molecule has 0 bridgehead atoms. The molecule has 3 aromatic rings. The number of benzene rings is 2. The Labute approximate surface area is 135 Å². The van der Waals surface area contributed by atoms with Gasteiger partial charge >= 0.3 is 0 Å². The second-order valence-electron chi connectivity index (χ2n) is 5.77. The first kappa shape index (κ1) is 15.3. The van der Waals surface area contributed by atoms with Gasteiger partial charge in [-0.05, 0) is 49.1 Å². The fourth-order valence-electron chi connectivity index (χ4n) is 2.64. The average Bonchev–Trinajstić information content (AvgIpc) is 3.08. The summed E-state index contributed by atoms with van der Waals surface area (Å²) in [5.74, 6) is 0.767. The summed E-state index contributed by atoms with van der Waals surface area (Å²) in [5, 5.41) is 5.19. The number of likely N-dealkylation sites (N-methyl/N-ethyl adjacent to an activating group) is 1. The summed E-state index contributed by atoms with van der Waals surface area (Å²) < 4.78 is 5.46. The molecule has 0 saturated heterocycles. The van der Waals surface area contributed by atoms with Crippen LogP contribution >= 0.6 is 0 Å². The fraction of sp³-hybridized carbons (Fsp3) is 0.211. The van der Waals surface area contributed by atoms with E-state index < -0.39 is 0 Å². The van der Waals surface area contributed by atoms with Crippen molar-refractivity contribution in [3.05, 3.63) is 72.2 Å². The number of fused-ring (bicyclic) bond motifs is 1. The van der Waals surface area contributed by atoms with Crippen LogP contribution in [0.15, 0.2) is 65.3 Å². The van der Waals surface area contributed by atoms with E-state index in [1.807, 2.05) is 73.6 Å². The van der Waals surface area contributed by atoms with Gasteiger partial charge in [-0.15, -0.1) is 0 Å². The van der Waals surface area contributed by atoms with Crippen LogP contribution in [0.3, 0.4) is 0 Å². The van der Waals surface area contributed by atoms with E-state index in [1.165, 1.54) is 0 Å². The zero-order chi connectivity index (χ0) is 16.2. The van der Waals surface area contributed by atoms with E-state index in [1.54, 1.807) is 6.26 Å². The zero-order valence-electron chi connectivity index (χ0n) is 13.3. The van der Waals surface area contributed by atoms with Crippen LogP contribution < -0.4 is 5.32 Å². The van der Waals surface area contributed by atoms with Crippen LogP contribution in [-0.4, -0.2) is 31.4 Å². The summed E-state index contributed by atoms with van der Waals surface area (Å²) in [6.07, 6.45) is 1.65. The van der Waals surface area contributed by atoms with Gasteiger partial charge in [-0.25, -0.2) is 0 Å². The van der Waals surface area contributed by atoms with Crippen molar-refractivity contribution in [3.63, 3.8) is 0 Å². The van der Waals surface area contributed by atoms with Gasteiger partial charge in [0.2, 0.25) is 0 Å². The highest BCUT2D eigenvalue weighted by atomic mass is 16.3. The lowest BCUT2D eigenvalue weighted by Gasteiger charge is -2.22. The Balaban J connectivity index is 1.72. The molecule has 1 atom stereocenters. The van der Waals surface area contributed by atoms with E-state index in [0.29, 0.717) is 12.1 Å². The molecule has 0 spiro atoms. The van der Waals surface area contributed by atoms with Gasteiger partial charge in [-0.1, -0.05) is 30.3 Å². The number of nitrogens with one attached hydrogen (secondary N) is 1. The predicted octanol–water partition coefficient (Wildman–Crippen LogP) is 3.47. The molecule has 118 valence electrons. The lowest BCUT2D eigenvalue weighted by molar-refractivity contribution is 0.0939. The summed E-state index contributed by atoms with van der Waals surface area (Å²) in [6.45, 7) is 0.492. The SMILES string of the molecule is CN(C)[C@H](CNC(=O)c1ccc2ccccc2c1)c1ccco1. The van der Waals surface area contributed by atoms with Gasteiger partial charge < -0.3 is 9.73 Å². The van der Waals surface area contributed by atoms with Crippen molar-refractivity contribution in [1.29, 1.82) is 0 Å². The Morgan fingerprint density at radius 3 is 2.57 bits per heavy atom. The highest BCUT2D eigenvalue weighted by Gasteiger charge is 2.18. The van der Waals surface area contributed by atoms with Gasteiger partial charge in [0.05, 0.1) is 12.3 Å². The van der Waals surface area contributed by atoms with Gasteiger partial charge in [0, 0.05) is 12.1 Å². The normalized spacial score (nSPS) is 12.5. The third-order valence-corrected chi connectivity index (χ3v) is 3.96. The Bertz CT molecular complexity index is 794. The van der Waals surface area contributed by atoms with Crippen LogP contribution in [0.1, 0.15) is 22.2 Å². The first-order chi connectivity index (χ1) is 11.1. The van der Waals surface area contributed by atoms with Crippen LogP contribution in [0.4, 0.5) is 0 Å². The van der Waals surface area contributed by atoms with Gasteiger partial charge in [0.1, 0.15) is 5.76 Å². The fourth-order valence-corrected chi connectivity index (χ4v) is 2.64. The zero-order valence-corrected chi connectivity index (χ0v) is 13.3. The monoisotopic (exact) mass is 308 g/mol. The first-order valence-electron chi connectivity index (χ1n) is 7.62. The predicted molar refractivity (Wildman–Crippen MR) is 91.4 cm³/mol. The third-order valence-electron chi connectivity index (χ3n) is 3.96. The number of furan rings is 1. The van der Waals surface area contributed by atoms with Crippen LogP contribution in [0.2, 0.25) is 0 Å². The molecule has 1 N–H and O–H groups in total. The second-order valence-corrected chi connectivity index (χ2v) is 5.77. The summed E-state index contributed by atoms with van der Waals surface area (Å²) in [5.41, 5.74) is 0.667. The first-order valence-corrected chi connectivity index (χ1v) is 7.62. The smallest absolute Gasteiger partial charge is 0.251 e.